The molecule has 0 bridgehead atoms. The van der Waals surface area contributed by atoms with Crippen molar-refractivity contribution >= 4 is 27.5 Å². The number of alkyl halides is 1. The zero-order valence-electron chi connectivity index (χ0n) is 10.1. The molecule has 1 N–H and O–H groups in total. The molecule has 2 nitrogen and oxygen atoms in total. The number of halogens is 2. The summed E-state index contributed by atoms with van der Waals surface area (Å²) in [6, 6.07) is 8.38. The Hall–Kier alpha value is -0.250. The molecule has 0 aromatic heterocycles. The summed E-state index contributed by atoms with van der Waals surface area (Å²) in [5.74, 6) is 1.60. The van der Waals surface area contributed by atoms with Crippen LogP contribution in [0.15, 0.2) is 28.7 Å². The minimum Gasteiger partial charge on any atom is -0.492 e. The van der Waals surface area contributed by atoms with Crippen molar-refractivity contribution < 1.29 is 4.74 Å². The molecule has 0 saturated heterocycles. The number of rotatable bonds is 8. The van der Waals surface area contributed by atoms with Crippen molar-refractivity contribution in [2.24, 2.45) is 0 Å². The average molecular weight is 321 g/mol. The molecule has 0 aliphatic heterocycles. The molecular weight excluding hydrogens is 302 g/mol. The molecule has 0 saturated carbocycles. The lowest BCUT2D eigenvalue weighted by Crippen LogP contribution is -2.32. The molecule has 0 spiro atoms. The van der Waals surface area contributed by atoms with E-state index in [0.717, 1.165) is 29.6 Å². The molecule has 0 aliphatic carbocycles. The summed E-state index contributed by atoms with van der Waals surface area (Å²) >= 11 is 9.14. The van der Waals surface area contributed by atoms with Gasteiger partial charge in [-0.15, -0.1) is 11.6 Å². The molecule has 1 rings (SSSR count). The van der Waals surface area contributed by atoms with Crippen molar-refractivity contribution in [3.8, 4) is 5.75 Å². The molecule has 1 atom stereocenters. The summed E-state index contributed by atoms with van der Waals surface area (Å²) in [5, 5.41) is 3.43. The lowest BCUT2D eigenvalue weighted by molar-refractivity contribution is 0.302. The third-order valence-corrected chi connectivity index (χ3v) is 3.26. The fraction of sp³-hybridized carbons (Fsp3) is 0.538. The van der Waals surface area contributed by atoms with Gasteiger partial charge >= 0.3 is 0 Å². The Kier molecular flexibility index (Phi) is 7.65. The smallest absolute Gasteiger partial charge is 0.120 e. The lowest BCUT2D eigenvalue weighted by Gasteiger charge is -2.15. The summed E-state index contributed by atoms with van der Waals surface area (Å²) < 4.78 is 6.67. The molecule has 0 heterocycles. The average Bonchev–Trinajstić information content (AvgIpc) is 2.33. The van der Waals surface area contributed by atoms with Crippen LogP contribution in [0.25, 0.3) is 0 Å². The Morgan fingerprint density at radius 3 is 2.94 bits per heavy atom. The van der Waals surface area contributed by atoms with E-state index in [1.54, 1.807) is 0 Å². The molecule has 1 unspecified atom stereocenters. The minimum atomic E-state index is 0.499. The second-order valence-corrected chi connectivity index (χ2v) is 5.14. The third kappa shape index (κ3) is 6.29. The topological polar surface area (TPSA) is 21.3 Å². The van der Waals surface area contributed by atoms with Crippen LogP contribution in [0, 0.1) is 0 Å². The van der Waals surface area contributed by atoms with Gasteiger partial charge in [0.05, 0.1) is 0 Å². The first kappa shape index (κ1) is 14.8. The van der Waals surface area contributed by atoms with Gasteiger partial charge in [0.15, 0.2) is 0 Å². The molecule has 0 radical (unpaired) electrons. The monoisotopic (exact) mass is 319 g/mol. The molecule has 0 fully saturated rings. The van der Waals surface area contributed by atoms with Crippen LogP contribution in [0.4, 0.5) is 0 Å². The van der Waals surface area contributed by atoms with Crippen molar-refractivity contribution in [2.75, 3.05) is 19.0 Å². The minimum absolute atomic E-state index is 0.499. The molecule has 96 valence electrons. The van der Waals surface area contributed by atoms with Gasteiger partial charge in [-0.2, -0.15) is 0 Å². The van der Waals surface area contributed by atoms with E-state index in [9.17, 15) is 0 Å². The second kappa shape index (κ2) is 8.78. The van der Waals surface area contributed by atoms with Gasteiger partial charge in [0.1, 0.15) is 12.4 Å². The van der Waals surface area contributed by atoms with E-state index in [1.165, 1.54) is 0 Å². The van der Waals surface area contributed by atoms with E-state index < -0.39 is 0 Å². The Bertz CT molecular complexity index is 322. The zero-order valence-corrected chi connectivity index (χ0v) is 12.4. The van der Waals surface area contributed by atoms with Crippen molar-refractivity contribution in [1.82, 2.24) is 5.32 Å². The fourth-order valence-electron chi connectivity index (χ4n) is 1.57. The molecular formula is C13H19BrClNO. The Balaban J connectivity index is 2.19. The molecule has 4 heteroatoms. The summed E-state index contributed by atoms with van der Waals surface area (Å²) in [4.78, 5) is 0. The highest BCUT2D eigenvalue weighted by atomic mass is 79.9. The summed E-state index contributed by atoms with van der Waals surface area (Å²) in [5.41, 5.74) is 0. The molecule has 1 aromatic rings. The van der Waals surface area contributed by atoms with Crippen LogP contribution >= 0.6 is 27.5 Å². The maximum Gasteiger partial charge on any atom is 0.120 e. The van der Waals surface area contributed by atoms with Gasteiger partial charge < -0.3 is 10.1 Å². The number of hydrogen-bond acceptors (Lipinski definition) is 2. The van der Waals surface area contributed by atoms with Gasteiger partial charge in [-0.1, -0.05) is 28.9 Å². The molecule has 0 aliphatic rings. The predicted octanol–water partition coefficient (Wildman–Crippen LogP) is 3.83. The van der Waals surface area contributed by atoms with Crippen LogP contribution in [0.2, 0.25) is 0 Å². The summed E-state index contributed by atoms with van der Waals surface area (Å²) in [7, 11) is 0. The normalized spacial score (nSPS) is 12.4. The zero-order chi connectivity index (χ0) is 12.5. The van der Waals surface area contributed by atoms with Crippen LogP contribution < -0.4 is 10.1 Å². The number of benzene rings is 1. The first-order valence-corrected chi connectivity index (χ1v) is 7.26. The number of nitrogens with one attached hydrogen (secondary N) is 1. The Morgan fingerprint density at radius 1 is 1.47 bits per heavy atom. The van der Waals surface area contributed by atoms with Crippen molar-refractivity contribution in [3.63, 3.8) is 0 Å². The van der Waals surface area contributed by atoms with Gasteiger partial charge in [0.25, 0.3) is 0 Å². The van der Waals surface area contributed by atoms with E-state index in [2.05, 4.69) is 28.2 Å². The largest absolute Gasteiger partial charge is 0.492 e. The second-order valence-electron chi connectivity index (χ2n) is 3.84. The van der Waals surface area contributed by atoms with E-state index in [-0.39, 0.29) is 0 Å². The molecule has 0 amide bonds. The van der Waals surface area contributed by atoms with Gasteiger partial charge in [0, 0.05) is 22.9 Å². The van der Waals surface area contributed by atoms with E-state index in [4.69, 9.17) is 16.3 Å². The summed E-state index contributed by atoms with van der Waals surface area (Å²) in [6.45, 7) is 3.69. The van der Waals surface area contributed by atoms with Crippen LogP contribution in [0.5, 0.6) is 5.75 Å². The van der Waals surface area contributed by atoms with Crippen LogP contribution in [-0.4, -0.2) is 25.1 Å². The van der Waals surface area contributed by atoms with E-state index in [0.29, 0.717) is 18.5 Å². The lowest BCUT2D eigenvalue weighted by atomic mass is 10.2. The van der Waals surface area contributed by atoms with Crippen LogP contribution in [0.3, 0.4) is 0 Å². The van der Waals surface area contributed by atoms with Crippen molar-refractivity contribution in [2.45, 2.75) is 25.8 Å². The summed E-state index contributed by atoms with van der Waals surface area (Å²) in [6.07, 6.45) is 2.11. The van der Waals surface area contributed by atoms with E-state index >= 15 is 0 Å². The molecule has 1 aromatic carbocycles. The van der Waals surface area contributed by atoms with Gasteiger partial charge in [-0.25, -0.2) is 0 Å². The van der Waals surface area contributed by atoms with Crippen LogP contribution in [-0.2, 0) is 0 Å². The Labute approximate surface area is 117 Å². The number of hydrogen-bond donors (Lipinski definition) is 1. The maximum absolute atomic E-state index is 5.72. The highest BCUT2D eigenvalue weighted by Crippen LogP contribution is 2.17. The quantitative estimate of drug-likeness (QED) is 0.581. The van der Waals surface area contributed by atoms with E-state index in [1.807, 2.05) is 24.3 Å². The van der Waals surface area contributed by atoms with Gasteiger partial charge in [-0.3, -0.25) is 0 Å². The first-order valence-electron chi connectivity index (χ1n) is 5.94. The number of ether oxygens (including phenoxy) is 1. The standard InChI is InChI=1S/C13H19BrClNO/c1-2-12(6-7-15)16-8-9-17-13-5-3-4-11(14)10-13/h3-5,10,12,16H,2,6-9H2,1H3. The van der Waals surface area contributed by atoms with Crippen molar-refractivity contribution in [1.29, 1.82) is 0 Å². The highest BCUT2D eigenvalue weighted by Gasteiger charge is 2.03. The maximum atomic E-state index is 5.72. The van der Waals surface area contributed by atoms with Crippen molar-refractivity contribution in [3.05, 3.63) is 28.7 Å². The van der Waals surface area contributed by atoms with Gasteiger partial charge in [0.2, 0.25) is 0 Å². The third-order valence-electron chi connectivity index (χ3n) is 2.55. The Morgan fingerprint density at radius 2 is 2.29 bits per heavy atom. The van der Waals surface area contributed by atoms with Crippen LogP contribution in [0.1, 0.15) is 19.8 Å². The fourth-order valence-corrected chi connectivity index (χ4v) is 2.21. The first-order chi connectivity index (χ1) is 8.26. The highest BCUT2D eigenvalue weighted by molar-refractivity contribution is 9.10. The van der Waals surface area contributed by atoms with Gasteiger partial charge in [-0.05, 0) is 31.0 Å². The molecule has 17 heavy (non-hydrogen) atoms. The SMILES string of the molecule is CCC(CCCl)NCCOc1cccc(Br)c1. The predicted molar refractivity (Wildman–Crippen MR) is 77.1 cm³/mol.